The molecular weight excluding hydrogens is 290 g/mol. The van der Waals surface area contributed by atoms with Crippen LogP contribution in [0.5, 0.6) is 0 Å². The van der Waals surface area contributed by atoms with Crippen LogP contribution in [0.15, 0.2) is 30.3 Å². The van der Waals surface area contributed by atoms with Gasteiger partial charge in [0.15, 0.2) is 0 Å². The molecule has 0 spiro atoms. The maximum atomic E-state index is 12.0. The number of nitrogens with zero attached hydrogens (tertiary/aromatic N) is 1. The van der Waals surface area contributed by atoms with Crippen molar-refractivity contribution >= 4 is 6.09 Å². The zero-order valence-electron chi connectivity index (χ0n) is 14.6. The zero-order valence-corrected chi connectivity index (χ0v) is 14.6. The molecular formula is C19H29NO3. The highest BCUT2D eigenvalue weighted by atomic mass is 16.6. The molecule has 0 radical (unpaired) electrons. The molecule has 0 bridgehead atoms. The van der Waals surface area contributed by atoms with Crippen molar-refractivity contribution in [1.29, 1.82) is 0 Å². The fraction of sp³-hybridized carbons (Fsp3) is 0.632. The van der Waals surface area contributed by atoms with Gasteiger partial charge < -0.3 is 14.4 Å². The van der Waals surface area contributed by atoms with Gasteiger partial charge in [0.25, 0.3) is 0 Å². The van der Waals surface area contributed by atoms with Gasteiger partial charge in [-0.2, -0.15) is 0 Å². The van der Waals surface area contributed by atoms with Gasteiger partial charge >= 0.3 is 6.09 Å². The molecule has 4 nitrogen and oxygen atoms in total. The first-order valence-electron chi connectivity index (χ1n) is 8.53. The number of ether oxygens (including phenoxy) is 2. The molecule has 0 saturated carbocycles. The molecule has 1 aromatic rings. The lowest BCUT2D eigenvalue weighted by molar-refractivity contribution is 0.0274. The summed E-state index contributed by atoms with van der Waals surface area (Å²) in [5.74, 6) is 0.430. The molecule has 1 fully saturated rings. The summed E-state index contributed by atoms with van der Waals surface area (Å²) < 4.78 is 11.2. The number of rotatable bonds is 6. The Kier molecular flexibility index (Phi) is 6.46. The van der Waals surface area contributed by atoms with E-state index in [1.807, 2.05) is 26.8 Å². The molecule has 1 aromatic carbocycles. The second-order valence-electron chi connectivity index (χ2n) is 7.25. The summed E-state index contributed by atoms with van der Waals surface area (Å²) in [4.78, 5) is 13.8. The van der Waals surface area contributed by atoms with Crippen molar-refractivity contribution in [2.75, 3.05) is 26.3 Å². The van der Waals surface area contributed by atoms with Crippen molar-refractivity contribution in [3.05, 3.63) is 35.9 Å². The predicted molar refractivity (Wildman–Crippen MR) is 91.5 cm³/mol. The van der Waals surface area contributed by atoms with E-state index in [4.69, 9.17) is 9.47 Å². The lowest BCUT2D eigenvalue weighted by atomic mass is 10.1. The van der Waals surface area contributed by atoms with Crippen molar-refractivity contribution in [1.82, 2.24) is 4.90 Å². The first-order chi connectivity index (χ1) is 10.9. The number of hydrogen-bond donors (Lipinski definition) is 0. The molecule has 2 rings (SSSR count). The Morgan fingerprint density at radius 1 is 1.26 bits per heavy atom. The predicted octanol–water partition coefficient (Wildman–Crippen LogP) is 3.89. The molecule has 1 unspecified atom stereocenters. The van der Waals surface area contributed by atoms with E-state index < -0.39 is 5.60 Å². The molecule has 0 aliphatic carbocycles. The van der Waals surface area contributed by atoms with E-state index in [9.17, 15) is 4.79 Å². The maximum absolute atomic E-state index is 12.0. The summed E-state index contributed by atoms with van der Waals surface area (Å²) in [6, 6.07) is 10.5. The largest absolute Gasteiger partial charge is 0.444 e. The number of carbonyl (C=O) groups is 1. The highest BCUT2D eigenvalue weighted by Crippen LogP contribution is 2.19. The summed E-state index contributed by atoms with van der Waals surface area (Å²) in [6.07, 6.45) is 2.88. The monoisotopic (exact) mass is 319 g/mol. The van der Waals surface area contributed by atoms with Crippen LogP contribution in [-0.4, -0.2) is 42.9 Å². The van der Waals surface area contributed by atoms with Crippen molar-refractivity contribution < 1.29 is 14.3 Å². The average molecular weight is 319 g/mol. The third-order valence-electron chi connectivity index (χ3n) is 3.89. The minimum atomic E-state index is -0.427. The van der Waals surface area contributed by atoms with Gasteiger partial charge in [0.1, 0.15) is 5.60 Å². The molecule has 128 valence electrons. The normalized spacial score (nSPS) is 18.2. The number of benzene rings is 1. The molecule has 1 saturated heterocycles. The van der Waals surface area contributed by atoms with Crippen LogP contribution in [0, 0.1) is 5.92 Å². The Hall–Kier alpha value is -1.55. The van der Waals surface area contributed by atoms with Crippen molar-refractivity contribution in [2.45, 2.75) is 45.6 Å². The summed E-state index contributed by atoms with van der Waals surface area (Å²) >= 11 is 0. The fourth-order valence-corrected chi connectivity index (χ4v) is 2.73. The SMILES string of the molecule is CC(C)(C)OC(=O)N1CCC(COCCCc2ccccc2)C1. The summed E-state index contributed by atoms with van der Waals surface area (Å²) in [7, 11) is 0. The first kappa shape index (κ1) is 17.8. The molecule has 0 N–H and O–H groups in total. The molecule has 1 aliphatic rings. The van der Waals surface area contributed by atoms with Crippen molar-refractivity contribution in [3.8, 4) is 0 Å². The van der Waals surface area contributed by atoms with E-state index >= 15 is 0 Å². The first-order valence-corrected chi connectivity index (χ1v) is 8.53. The van der Waals surface area contributed by atoms with E-state index in [-0.39, 0.29) is 6.09 Å². The highest BCUT2D eigenvalue weighted by molar-refractivity contribution is 5.68. The lowest BCUT2D eigenvalue weighted by Crippen LogP contribution is -2.35. The number of amides is 1. The number of aryl methyl sites for hydroxylation is 1. The van der Waals surface area contributed by atoms with Gasteiger partial charge in [0.2, 0.25) is 0 Å². The summed E-state index contributed by atoms with van der Waals surface area (Å²) in [5.41, 5.74) is 0.927. The van der Waals surface area contributed by atoms with E-state index in [0.717, 1.165) is 45.6 Å². The van der Waals surface area contributed by atoms with Gasteiger partial charge in [0.05, 0.1) is 6.61 Å². The van der Waals surface area contributed by atoms with Gasteiger partial charge in [-0.3, -0.25) is 0 Å². The van der Waals surface area contributed by atoms with Gasteiger partial charge in [-0.15, -0.1) is 0 Å². The zero-order chi connectivity index (χ0) is 16.7. The van der Waals surface area contributed by atoms with Crippen LogP contribution in [0.25, 0.3) is 0 Å². The van der Waals surface area contributed by atoms with Gasteiger partial charge in [-0.1, -0.05) is 30.3 Å². The smallest absolute Gasteiger partial charge is 0.410 e. The quantitative estimate of drug-likeness (QED) is 0.747. The molecule has 23 heavy (non-hydrogen) atoms. The third kappa shape index (κ3) is 6.61. The standard InChI is InChI=1S/C19H29NO3/c1-19(2,3)23-18(21)20-12-11-17(14-20)15-22-13-7-10-16-8-5-4-6-9-16/h4-6,8-9,17H,7,10-15H2,1-3H3. The minimum Gasteiger partial charge on any atom is -0.444 e. The summed E-state index contributed by atoms with van der Waals surface area (Å²) in [6.45, 7) is 8.71. The maximum Gasteiger partial charge on any atom is 0.410 e. The summed E-state index contributed by atoms with van der Waals surface area (Å²) in [5, 5.41) is 0. The lowest BCUT2D eigenvalue weighted by Gasteiger charge is -2.24. The van der Waals surface area contributed by atoms with E-state index in [0.29, 0.717) is 5.92 Å². The Morgan fingerprint density at radius 2 is 2.00 bits per heavy atom. The van der Waals surface area contributed by atoms with Crippen LogP contribution in [0.2, 0.25) is 0 Å². The third-order valence-corrected chi connectivity index (χ3v) is 3.89. The van der Waals surface area contributed by atoms with Crippen molar-refractivity contribution in [2.24, 2.45) is 5.92 Å². The highest BCUT2D eigenvalue weighted by Gasteiger charge is 2.29. The molecule has 0 aromatic heterocycles. The topological polar surface area (TPSA) is 38.8 Å². The molecule has 1 aliphatic heterocycles. The number of hydrogen-bond acceptors (Lipinski definition) is 3. The van der Waals surface area contributed by atoms with Gasteiger partial charge in [0, 0.05) is 25.6 Å². The molecule has 4 heteroatoms. The van der Waals surface area contributed by atoms with E-state index in [2.05, 4.69) is 24.3 Å². The van der Waals surface area contributed by atoms with Crippen molar-refractivity contribution in [3.63, 3.8) is 0 Å². The Balaban J connectivity index is 1.58. The minimum absolute atomic E-state index is 0.205. The average Bonchev–Trinajstić information content (AvgIpc) is 2.95. The number of carbonyl (C=O) groups excluding carboxylic acids is 1. The molecule has 1 atom stereocenters. The van der Waals surface area contributed by atoms with Crippen LogP contribution in [0.3, 0.4) is 0 Å². The second-order valence-corrected chi connectivity index (χ2v) is 7.25. The van der Waals surface area contributed by atoms with E-state index in [1.165, 1.54) is 5.56 Å². The van der Waals surface area contributed by atoms with Crippen LogP contribution >= 0.6 is 0 Å². The van der Waals surface area contributed by atoms with E-state index in [1.54, 1.807) is 4.90 Å². The van der Waals surface area contributed by atoms with Crippen LogP contribution in [-0.2, 0) is 15.9 Å². The molecule has 1 amide bonds. The van der Waals surface area contributed by atoms with Gasteiger partial charge in [-0.25, -0.2) is 4.79 Å². The van der Waals surface area contributed by atoms with Gasteiger partial charge in [-0.05, 0) is 45.6 Å². The Morgan fingerprint density at radius 3 is 2.70 bits per heavy atom. The number of likely N-dealkylation sites (tertiary alicyclic amines) is 1. The van der Waals surface area contributed by atoms with Crippen LogP contribution in [0.1, 0.15) is 39.2 Å². The van der Waals surface area contributed by atoms with Crippen LogP contribution < -0.4 is 0 Å². The Labute approximate surface area is 139 Å². The second kappa shape index (κ2) is 8.34. The molecule has 1 heterocycles. The Bertz CT molecular complexity index is 481. The fourth-order valence-electron chi connectivity index (χ4n) is 2.73. The van der Waals surface area contributed by atoms with Crippen LogP contribution in [0.4, 0.5) is 4.79 Å².